The van der Waals surface area contributed by atoms with Crippen LogP contribution in [0, 0.1) is 5.82 Å². The molecule has 1 fully saturated rings. The van der Waals surface area contributed by atoms with Gasteiger partial charge >= 0.3 is 0 Å². The number of anilines is 1. The molecule has 0 bridgehead atoms. The third-order valence-corrected chi connectivity index (χ3v) is 7.69. The number of nitrogens with zero attached hydrogens (tertiary/aromatic N) is 4. The fourth-order valence-electron chi connectivity index (χ4n) is 4.78. The van der Waals surface area contributed by atoms with Gasteiger partial charge in [0.1, 0.15) is 12.4 Å². The summed E-state index contributed by atoms with van der Waals surface area (Å²) >= 11 is 1.60. The predicted octanol–water partition coefficient (Wildman–Crippen LogP) is 5.79. The van der Waals surface area contributed by atoms with E-state index in [4.69, 9.17) is 9.72 Å². The largest absolute Gasteiger partial charge is 0.469 e. The first-order valence-electron chi connectivity index (χ1n) is 12.4. The van der Waals surface area contributed by atoms with Crippen molar-refractivity contribution in [2.24, 2.45) is 0 Å². The summed E-state index contributed by atoms with van der Waals surface area (Å²) in [6.07, 6.45) is 2.09. The number of fused-ring (bicyclic) bond motifs is 2. The van der Waals surface area contributed by atoms with Crippen molar-refractivity contribution in [3.63, 3.8) is 0 Å². The number of rotatable bonds is 8. The molecule has 1 aliphatic rings. The van der Waals surface area contributed by atoms with Crippen molar-refractivity contribution in [1.82, 2.24) is 19.4 Å². The van der Waals surface area contributed by atoms with Crippen LogP contribution < -0.4 is 10.1 Å². The molecule has 1 saturated heterocycles. The van der Waals surface area contributed by atoms with E-state index >= 15 is 0 Å². The lowest BCUT2D eigenvalue weighted by atomic mass is 10.1. The van der Waals surface area contributed by atoms with Crippen molar-refractivity contribution >= 4 is 38.5 Å². The maximum atomic E-state index is 13.4. The summed E-state index contributed by atoms with van der Waals surface area (Å²) in [4.78, 5) is 11.9. The van der Waals surface area contributed by atoms with Crippen LogP contribution in [0.15, 0.2) is 72.8 Å². The SMILES string of the molecule is Fc1ccc(Cn2c(NC3CCN(CCOc4nc5ccccc5s4)CC3)nc3ccccc32)cc1. The van der Waals surface area contributed by atoms with Crippen LogP contribution in [0.1, 0.15) is 18.4 Å². The first-order chi connectivity index (χ1) is 17.7. The Balaban J connectivity index is 1.05. The van der Waals surface area contributed by atoms with Gasteiger partial charge in [0.15, 0.2) is 0 Å². The number of para-hydroxylation sites is 3. The van der Waals surface area contributed by atoms with E-state index in [0.29, 0.717) is 19.2 Å². The lowest BCUT2D eigenvalue weighted by molar-refractivity contribution is 0.177. The van der Waals surface area contributed by atoms with Crippen LogP contribution in [0.25, 0.3) is 21.3 Å². The van der Waals surface area contributed by atoms with Crippen LogP contribution in [0.5, 0.6) is 5.19 Å². The zero-order valence-corrected chi connectivity index (χ0v) is 20.8. The van der Waals surface area contributed by atoms with Crippen LogP contribution >= 0.6 is 11.3 Å². The van der Waals surface area contributed by atoms with Gasteiger partial charge in [-0.3, -0.25) is 4.90 Å². The van der Waals surface area contributed by atoms with E-state index in [1.165, 1.54) is 12.1 Å². The molecule has 5 aromatic rings. The number of imidazole rings is 1. The summed E-state index contributed by atoms with van der Waals surface area (Å²) in [7, 11) is 0. The Morgan fingerprint density at radius 2 is 1.67 bits per heavy atom. The molecule has 0 amide bonds. The van der Waals surface area contributed by atoms with Gasteiger partial charge in [-0.1, -0.05) is 47.7 Å². The number of aromatic nitrogens is 3. The fraction of sp³-hybridized carbons (Fsp3) is 0.286. The van der Waals surface area contributed by atoms with Gasteiger partial charge < -0.3 is 14.6 Å². The second kappa shape index (κ2) is 10.2. The second-order valence-electron chi connectivity index (χ2n) is 9.19. The maximum absolute atomic E-state index is 13.4. The lowest BCUT2D eigenvalue weighted by Gasteiger charge is -2.32. The number of nitrogens with one attached hydrogen (secondary N) is 1. The molecule has 8 heteroatoms. The Bertz CT molecular complexity index is 1420. The molecule has 6 rings (SSSR count). The van der Waals surface area contributed by atoms with Crippen LogP contribution in [0.4, 0.5) is 10.3 Å². The van der Waals surface area contributed by atoms with Gasteiger partial charge in [-0.2, -0.15) is 0 Å². The molecule has 2 aromatic heterocycles. The molecule has 3 heterocycles. The summed E-state index contributed by atoms with van der Waals surface area (Å²) < 4.78 is 22.7. The van der Waals surface area contributed by atoms with Crippen molar-refractivity contribution in [2.75, 3.05) is 31.6 Å². The average Bonchev–Trinajstić information content (AvgIpc) is 3.47. The number of halogens is 1. The maximum Gasteiger partial charge on any atom is 0.274 e. The molecule has 1 N–H and O–H groups in total. The molecule has 36 heavy (non-hydrogen) atoms. The van der Waals surface area contributed by atoms with Crippen molar-refractivity contribution in [3.8, 4) is 5.19 Å². The van der Waals surface area contributed by atoms with E-state index in [9.17, 15) is 4.39 Å². The summed E-state index contributed by atoms with van der Waals surface area (Å²) in [6, 6.07) is 23.3. The molecule has 6 nitrogen and oxygen atoms in total. The van der Waals surface area contributed by atoms with E-state index in [1.807, 2.05) is 48.5 Å². The molecule has 184 valence electrons. The minimum Gasteiger partial charge on any atom is -0.469 e. The standard InChI is InChI=1S/C28H28FN5OS/c29-21-11-9-20(10-12-21)19-34-25-7-3-1-5-23(25)31-27(34)30-22-13-15-33(16-14-22)17-18-35-28-32-24-6-2-4-8-26(24)36-28/h1-12,22H,13-19H2,(H,30,31). The zero-order chi connectivity index (χ0) is 24.3. The molecular formula is C28H28FN5OS. The van der Waals surface area contributed by atoms with Crippen molar-refractivity contribution in [2.45, 2.75) is 25.4 Å². The van der Waals surface area contributed by atoms with Crippen LogP contribution in [-0.2, 0) is 6.54 Å². The van der Waals surface area contributed by atoms with Gasteiger partial charge in [-0.05, 0) is 54.8 Å². The van der Waals surface area contributed by atoms with E-state index in [-0.39, 0.29) is 5.82 Å². The normalized spacial score (nSPS) is 15.0. The van der Waals surface area contributed by atoms with Gasteiger partial charge in [0, 0.05) is 25.7 Å². The topological polar surface area (TPSA) is 55.2 Å². The van der Waals surface area contributed by atoms with Crippen LogP contribution in [0.3, 0.4) is 0 Å². The monoisotopic (exact) mass is 501 g/mol. The molecule has 0 atom stereocenters. The van der Waals surface area contributed by atoms with Gasteiger partial charge in [0.05, 0.1) is 27.8 Å². The summed E-state index contributed by atoms with van der Waals surface area (Å²) in [6.45, 7) is 4.21. The fourth-order valence-corrected chi connectivity index (χ4v) is 5.62. The first-order valence-corrected chi connectivity index (χ1v) is 13.2. The first kappa shape index (κ1) is 22.9. The van der Waals surface area contributed by atoms with E-state index in [1.54, 1.807) is 11.3 Å². The van der Waals surface area contributed by atoms with Gasteiger partial charge in [0.2, 0.25) is 5.95 Å². The molecular weight excluding hydrogens is 473 g/mol. The number of likely N-dealkylation sites (tertiary alicyclic amines) is 1. The highest BCUT2D eigenvalue weighted by atomic mass is 32.1. The summed E-state index contributed by atoms with van der Waals surface area (Å²) in [5.41, 5.74) is 4.08. The smallest absolute Gasteiger partial charge is 0.274 e. The zero-order valence-electron chi connectivity index (χ0n) is 19.9. The molecule has 0 unspecified atom stereocenters. The Kier molecular flexibility index (Phi) is 6.53. The molecule has 0 saturated carbocycles. The molecule has 3 aromatic carbocycles. The minimum atomic E-state index is -0.218. The number of hydrogen-bond donors (Lipinski definition) is 1. The van der Waals surface area contributed by atoms with Gasteiger partial charge in [0.25, 0.3) is 5.19 Å². The third-order valence-electron chi connectivity index (χ3n) is 6.74. The minimum absolute atomic E-state index is 0.218. The van der Waals surface area contributed by atoms with Crippen LogP contribution in [0.2, 0.25) is 0 Å². The Morgan fingerprint density at radius 1 is 0.917 bits per heavy atom. The molecule has 1 aliphatic heterocycles. The number of ether oxygens (including phenoxy) is 1. The summed E-state index contributed by atoms with van der Waals surface area (Å²) in [5, 5.41) is 4.44. The Hall–Kier alpha value is -3.49. The highest BCUT2D eigenvalue weighted by Gasteiger charge is 2.21. The van der Waals surface area contributed by atoms with Gasteiger partial charge in [-0.25, -0.2) is 14.4 Å². The summed E-state index contributed by atoms with van der Waals surface area (Å²) in [5.74, 6) is 0.656. The van der Waals surface area contributed by atoms with E-state index in [0.717, 1.165) is 70.4 Å². The van der Waals surface area contributed by atoms with Crippen molar-refractivity contribution < 1.29 is 9.13 Å². The number of piperidine rings is 1. The van der Waals surface area contributed by atoms with E-state index < -0.39 is 0 Å². The number of thiazole rings is 1. The lowest BCUT2D eigenvalue weighted by Crippen LogP contribution is -2.41. The third kappa shape index (κ3) is 5.05. The van der Waals surface area contributed by atoms with Crippen molar-refractivity contribution in [1.29, 1.82) is 0 Å². The highest BCUT2D eigenvalue weighted by molar-refractivity contribution is 7.20. The van der Waals surface area contributed by atoms with Gasteiger partial charge in [-0.15, -0.1) is 0 Å². The second-order valence-corrected chi connectivity index (χ2v) is 10.2. The number of benzene rings is 3. The molecule has 0 aliphatic carbocycles. The highest BCUT2D eigenvalue weighted by Crippen LogP contribution is 2.27. The number of hydrogen-bond acceptors (Lipinski definition) is 6. The van der Waals surface area contributed by atoms with Crippen LogP contribution in [-0.4, -0.2) is 51.7 Å². The quantitative estimate of drug-likeness (QED) is 0.292. The average molecular weight is 502 g/mol. The molecule has 0 spiro atoms. The predicted molar refractivity (Wildman–Crippen MR) is 143 cm³/mol. The van der Waals surface area contributed by atoms with Crippen molar-refractivity contribution in [3.05, 3.63) is 84.2 Å². The van der Waals surface area contributed by atoms with E-state index in [2.05, 4.69) is 31.9 Å². The Labute approximate surface area is 213 Å². The Morgan fingerprint density at radius 3 is 2.47 bits per heavy atom. The molecule has 0 radical (unpaired) electrons.